The molecular weight excluding hydrogens is 348 g/mol. The zero-order valence-electron chi connectivity index (χ0n) is 10.2. The number of hydrogen-bond donors (Lipinski definition) is 1. The van der Waals surface area contributed by atoms with Gasteiger partial charge in [0.15, 0.2) is 0 Å². The third kappa shape index (κ3) is 3.62. The molecular formula is C12H13BrN2O2S2. The lowest BCUT2D eigenvalue weighted by molar-refractivity contribution is 0.549. The summed E-state index contributed by atoms with van der Waals surface area (Å²) in [6.45, 7) is 1.93. The smallest absolute Gasteiger partial charge is 0.241 e. The van der Waals surface area contributed by atoms with E-state index < -0.39 is 10.0 Å². The third-order valence-electron chi connectivity index (χ3n) is 2.58. The van der Waals surface area contributed by atoms with Crippen molar-refractivity contribution >= 4 is 37.3 Å². The molecule has 19 heavy (non-hydrogen) atoms. The molecule has 0 aliphatic heterocycles. The van der Waals surface area contributed by atoms with Gasteiger partial charge in [-0.1, -0.05) is 22.9 Å². The second kappa shape index (κ2) is 6.13. The van der Waals surface area contributed by atoms with Crippen molar-refractivity contribution in [3.63, 3.8) is 0 Å². The molecule has 1 aromatic carbocycles. The molecule has 0 saturated heterocycles. The molecule has 4 nitrogen and oxygen atoms in total. The van der Waals surface area contributed by atoms with Gasteiger partial charge in [-0.15, -0.1) is 11.3 Å². The molecule has 1 unspecified atom stereocenters. The quantitative estimate of drug-likeness (QED) is 0.889. The van der Waals surface area contributed by atoms with Crippen LogP contribution in [0.15, 0.2) is 45.2 Å². The van der Waals surface area contributed by atoms with Crippen LogP contribution < -0.4 is 4.72 Å². The Kier molecular flexibility index (Phi) is 4.72. The summed E-state index contributed by atoms with van der Waals surface area (Å²) in [6.07, 6.45) is 2.33. The minimum absolute atomic E-state index is 0.255. The Hall–Kier alpha value is -0.760. The molecule has 1 atom stereocenters. The van der Waals surface area contributed by atoms with Crippen LogP contribution in [-0.2, 0) is 10.0 Å². The standard InChI is InChI=1S/C12H13BrN2O2S2/c1-2-11(12-14-7-8-18-12)15-19(16,17)10-5-3-9(13)4-6-10/h3-8,11,15H,2H2,1H3. The van der Waals surface area contributed by atoms with E-state index in [1.807, 2.05) is 12.3 Å². The number of sulfonamides is 1. The molecule has 7 heteroatoms. The van der Waals surface area contributed by atoms with Gasteiger partial charge in [0.2, 0.25) is 10.0 Å². The predicted molar refractivity (Wildman–Crippen MR) is 79.6 cm³/mol. The number of rotatable bonds is 5. The van der Waals surface area contributed by atoms with Crippen LogP contribution in [0.2, 0.25) is 0 Å². The first kappa shape index (κ1) is 14.6. The van der Waals surface area contributed by atoms with Gasteiger partial charge in [0.25, 0.3) is 0 Å². The highest BCUT2D eigenvalue weighted by Crippen LogP contribution is 2.22. The Balaban J connectivity index is 2.23. The van der Waals surface area contributed by atoms with Crippen molar-refractivity contribution in [1.29, 1.82) is 0 Å². The van der Waals surface area contributed by atoms with E-state index in [1.165, 1.54) is 11.3 Å². The molecule has 2 rings (SSSR count). The van der Waals surface area contributed by atoms with Crippen molar-refractivity contribution in [2.75, 3.05) is 0 Å². The largest absolute Gasteiger partial charge is 0.248 e. The van der Waals surface area contributed by atoms with Gasteiger partial charge in [-0.05, 0) is 30.7 Å². The van der Waals surface area contributed by atoms with Gasteiger partial charge < -0.3 is 0 Å². The molecule has 1 heterocycles. The highest BCUT2D eigenvalue weighted by Gasteiger charge is 2.21. The summed E-state index contributed by atoms with van der Waals surface area (Å²) >= 11 is 4.73. The molecule has 0 bridgehead atoms. The van der Waals surface area contributed by atoms with Crippen LogP contribution in [0.3, 0.4) is 0 Å². The van der Waals surface area contributed by atoms with Gasteiger partial charge in [0.1, 0.15) is 5.01 Å². The molecule has 2 aromatic rings. The average molecular weight is 361 g/mol. The number of aromatic nitrogens is 1. The normalized spacial score (nSPS) is 13.4. The van der Waals surface area contributed by atoms with Gasteiger partial charge in [-0.3, -0.25) is 0 Å². The lowest BCUT2D eigenvalue weighted by atomic mass is 10.3. The second-order valence-corrected chi connectivity index (χ2v) is 7.46. The van der Waals surface area contributed by atoms with E-state index >= 15 is 0 Å². The van der Waals surface area contributed by atoms with Crippen LogP contribution in [0.4, 0.5) is 0 Å². The first-order chi connectivity index (χ1) is 9.03. The molecule has 0 fully saturated rings. The Morgan fingerprint density at radius 1 is 1.37 bits per heavy atom. The van der Waals surface area contributed by atoms with Crippen molar-refractivity contribution in [3.8, 4) is 0 Å². The Morgan fingerprint density at radius 3 is 2.58 bits per heavy atom. The molecule has 1 aromatic heterocycles. The molecule has 0 amide bonds. The molecule has 0 saturated carbocycles. The summed E-state index contributed by atoms with van der Waals surface area (Å²) in [4.78, 5) is 4.42. The molecule has 0 spiro atoms. The summed E-state index contributed by atoms with van der Waals surface area (Å²) in [6, 6.07) is 6.27. The fraction of sp³-hybridized carbons (Fsp3) is 0.250. The molecule has 0 aliphatic rings. The maximum absolute atomic E-state index is 12.3. The number of halogens is 1. The molecule has 0 aliphatic carbocycles. The fourth-order valence-corrected chi connectivity index (χ4v) is 3.98. The SMILES string of the molecule is CCC(NS(=O)(=O)c1ccc(Br)cc1)c1nccs1. The number of nitrogens with zero attached hydrogens (tertiary/aromatic N) is 1. The topological polar surface area (TPSA) is 59.1 Å². The van der Waals surface area contributed by atoms with Gasteiger partial charge in [0.05, 0.1) is 10.9 Å². The van der Waals surface area contributed by atoms with E-state index in [2.05, 4.69) is 25.6 Å². The van der Waals surface area contributed by atoms with E-state index in [4.69, 9.17) is 0 Å². The van der Waals surface area contributed by atoms with Crippen molar-refractivity contribution in [3.05, 3.63) is 45.3 Å². The minimum atomic E-state index is -3.52. The summed E-state index contributed by atoms with van der Waals surface area (Å²) in [5.74, 6) is 0. The van der Waals surface area contributed by atoms with Crippen LogP contribution >= 0.6 is 27.3 Å². The second-order valence-electron chi connectivity index (χ2n) is 3.91. The lowest BCUT2D eigenvalue weighted by Gasteiger charge is -2.14. The summed E-state index contributed by atoms with van der Waals surface area (Å²) in [7, 11) is -3.52. The third-order valence-corrected chi connectivity index (χ3v) is 5.48. The van der Waals surface area contributed by atoms with Crippen LogP contribution in [0.5, 0.6) is 0 Å². The van der Waals surface area contributed by atoms with E-state index in [9.17, 15) is 8.42 Å². The Morgan fingerprint density at radius 2 is 2.05 bits per heavy atom. The Labute approximate surface area is 125 Å². The Bertz CT molecular complexity index is 624. The number of hydrogen-bond acceptors (Lipinski definition) is 4. The predicted octanol–water partition coefficient (Wildman–Crippen LogP) is 3.34. The molecule has 0 radical (unpaired) electrons. The highest BCUT2D eigenvalue weighted by molar-refractivity contribution is 9.10. The molecule has 1 N–H and O–H groups in total. The van der Waals surface area contributed by atoms with Crippen molar-refractivity contribution in [2.45, 2.75) is 24.3 Å². The van der Waals surface area contributed by atoms with Crippen LogP contribution in [0, 0.1) is 0 Å². The first-order valence-corrected chi connectivity index (χ1v) is 8.86. The van der Waals surface area contributed by atoms with E-state index in [0.29, 0.717) is 6.42 Å². The van der Waals surface area contributed by atoms with Gasteiger partial charge in [-0.25, -0.2) is 18.1 Å². The maximum atomic E-state index is 12.3. The first-order valence-electron chi connectivity index (χ1n) is 5.70. The van der Waals surface area contributed by atoms with Crippen molar-refractivity contribution in [1.82, 2.24) is 9.71 Å². The van der Waals surface area contributed by atoms with Crippen LogP contribution in [-0.4, -0.2) is 13.4 Å². The zero-order valence-corrected chi connectivity index (χ0v) is 13.4. The number of thiazole rings is 1. The highest BCUT2D eigenvalue weighted by atomic mass is 79.9. The van der Waals surface area contributed by atoms with E-state index in [-0.39, 0.29) is 10.9 Å². The minimum Gasteiger partial charge on any atom is -0.248 e. The number of nitrogens with one attached hydrogen (secondary N) is 1. The van der Waals surface area contributed by atoms with Crippen molar-refractivity contribution < 1.29 is 8.42 Å². The van der Waals surface area contributed by atoms with Crippen LogP contribution in [0.25, 0.3) is 0 Å². The lowest BCUT2D eigenvalue weighted by Crippen LogP contribution is -2.28. The van der Waals surface area contributed by atoms with Crippen LogP contribution in [0.1, 0.15) is 24.4 Å². The van der Waals surface area contributed by atoms with Gasteiger partial charge in [0, 0.05) is 16.0 Å². The zero-order chi connectivity index (χ0) is 13.9. The summed E-state index contributed by atoms with van der Waals surface area (Å²) in [5.41, 5.74) is 0. The fourth-order valence-electron chi connectivity index (χ4n) is 1.58. The van der Waals surface area contributed by atoms with Gasteiger partial charge >= 0.3 is 0 Å². The molecule has 102 valence electrons. The average Bonchev–Trinajstić information content (AvgIpc) is 2.90. The monoisotopic (exact) mass is 360 g/mol. The van der Waals surface area contributed by atoms with Gasteiger partial charge in [-0.2, -0.15) is 0 Å². The van der Waals surface area contributed by atoms with E-state index in [0.717, 1.165) is 9.48 Å². The summed E-state index contributed by atoms with van der Waals surface area (Å²) in [5, 5.41) is 2.62. The number of benzene rings is 1. The summed E-state index contributed by atoms with van der Waals surface area (Å²) < 4.78 is 28.0. The van der Waals surface area contributed by atoms with Crippen molar-refractivity contribution in [2.24, 2.45) is 0 Å². The maximum Gasteiger partial charge on any atom is 0.241 e. The van der Waals surface area contributed by atoms with E-state index in [1.54, 1.807) is 30.5 Å².